The van der Waals surface area contributed by atoms with Crippen molar-refractivity contribution < 1.29 is 4.74 Å². The Labute approximate surface area is 108 Å². The molecule has 18 heavy (non-hydrogen) atoms. The lowest BCUT2D eigenvalue weighted by Crippen LogP contribution is -2.30. The second kappa shape index (κ2) is 8.32. The maximum Gasteiger partial charge on any atom is 0.0871 e. The minimum absolute atomic E-state index is 0.328. The molecule has 102 valence electrons. The van der Waals surface area contributed by atoms with Crippen LogP contribution in [0.2, 0.25) is 0 Å². The van der Waals surface area contributed by atoms with Crippen molar-refractivity contribution in [2.45, 2.75) is 13.8 Å². The zero-order valence-corrected chi connectivity index (χ0v) is 11.3. The lowest BCUT2D eigenvalue weighted by atomic mass is 10.2. The highest BCUT2D eigenvalue weighted by atomic mass is 16.5. The van der Waals surface area contributed by atoms with Gasteiger partial charge in [-0.2, -0.15) is 0 Å². The SMILES string of the molecule is C=C(C)N=C/C(CN(N)/C=C(\N)COC)=C(\C)N. The topological polar surface area (TPSA) is 103 Å². The van der Waals surface area contributed by atoms with Crippen LogP contribution >= 0.6 is 0 Å². The second-order valence-electron chi connectivity index (χ2n) is 4.01. The Bertz CT molecular complexity index is 367. The number of nitrogens with zero attached hydrogens (tertiary/aromatic N) is 2. The van der Waals surface area contributed by atoms with Gasteiger partial charge in [0.1, 0.15) is 0 Å². The summed E-state index contributed by atoms with van der Waals surface area (Å²) in [7, 11) is 1.57. The number of hydrogen-bond donors (Lipinski definition) is 3. The van der Waals surface area contributed by atoms with Gasteiger partial charge in [0.05, 0.1) is 18.8 Å². The molecule has 6 nitrogen and oxygen atoms in total. The van der Waals surface area contributed by atoms with Gasteiger partial charge in [0.2, 0.25) is 0 Å². The Kier molecular flexibility index (Phi) is 7.50. The second-order valence-corrected chi connectivity index (χ2v) is 4.01. The number of ether oxygens (including phenoxy) is 1. The normalized spacial score (nSPS) is 13.7. The van der Waals surface area contributed by atoms with Crippen molar-refractivity contribution in [3.8, 4) is 0 Å². The molecule has 0 aromatic rings. The first-order valence-electron chi connectivity index (χ1n) is 5.48. The van der Waals surface area contributed by atoms with Crippen LogP contribution in [0.15, 0.2) is 40.4 Å². The third kappa shape index (κ3) is 7.48. The minimum atomic E-state index is 0.328. The van der Waals surface area contributed by atoms with Gasteiger partial charge in [0.15, 0.2) is 0 Å². The van der Waals surface area contributed by atoms with Gasteiger partial charge in [-0.1, -0.05) is 6.58 Å². The van der Waals surface area contributed by atoms with Gasteiger partial charge >= 0.3 is 0 Å². The van der Waals surface area contributed by atoms with Crippen LogP contribution in [-0.4, -0.2) is 31.5 Å². The van der Waals surface area contributed by atoms with Crippen LogP contribution in [0.3, 0.4) is 0 Å². The molecule has 6 N–H and O–H groups in total. The lowest BCUT2D eigenvalue weighted by molar-refractivity contribution is 0.222. The molecule has 0 amide bonds. The van der Waals surface area contributed by atoms with Crippen LogP contribution < -0.4 is 17.3 Å². The summed E-state index contributed by atoms with van der Waals surface area (Å²) in [6, 6.07) is 0. The summed E-state index contributed by atoms with van der Waals surface area (Å²) < 4.78 is 4.89. The van der Waals surface area contributed by atoms with Gasteiger partial charge in [-0.05, 0) is 13.8 Å². The van der Waals surface area contributed by atoms with Crippen LogP contribution in [0.5, 0.6) is 0 Å². The number of allylic oxidation sites excluding steroid dienone is 2. The van der Waals surface area contributed by atoms with Crippen molar-refractivity contribution in [1.29, 1.82) is 0 Å². The number of nitrogens with two attached hydrogens (primary N) is 3. The number of aliphatic imine (C=N–C) groups is 1. The maximum absolute atomic E-state index is 5.80. The molecule has 0 aromatic carbocycles. The van der Waals surface area contributed by atoms with Crippen molar-refractivity contribution in [3.05, 3.63) is 35.4 Å². The van der Waals surface area contributed by atoms with Crippen molar-refractivity contribution in [2.24, 2.45) is 22.3 Å². The number of rotatable bonds is 7. The molecule has 0 saturated heterocycles. The van der Waals surface area contributed by atoms with E-state index in [0.717, 1.165) is 5.57 Å². The van der Waals surface area contributed by atoms with Gasteiger partial charge < -0.3 is 21.2 Å². The molecule has 0 heterocycles. The zero-order valence-electron chi connectivity index (χ0n) is 11.3. The molecule has 0 aliphatic heterocycles. The molecule has 0 rings (SSSR count). The Balaban J connectivity index is 4.67. The van der Waals surface area contributed by atoms with Crippen LogP contribution in [-0.2, 0) is 4.74 Å². The summed E-state index contributed by atoms with van der Waals surface area (Å²) in [4.78, 5) is 4.10. The van der Waals surface area contributed by atoms with Crippen molar-refractivity contribution in [3.63, 3.8) is 0 Å². The molecule has 0 spiro atoms. The van der Waals surface area contributed by atoms with Crippen LogP contribution in [0.25, 0.3) is 0 Å². The summed E-state index contributed by atoms with van der Waals surface area (Å²) in [6.45, 7) is 8.01. The largest absolute Gasteiger partial charge is 0.402 e. The molecule has 6 heteroatoms. The van der Waals surface area contributed by atoms with Crippen LogP contribution in [0.4, 0.5) is 0 Å². The Morgan fingerprint density at radius 3 is 2.44 bits per heavy atom. The van der Waals surface area contributed by atoms with Crippen molar-refractivity contribution >= 4 is 6.21 Å². The van der Waals surface area contributed by atoms with Gasteiger partial charge in [0, 0.05) is 36.5 Å². The fourth-order valence-electron chi connectivity index (χ4n) is 1.11. The average Bonchev–Trinajstić information content (AvgIpc) is 2.23. The van der Waals surface area contributed by atoms with E-state index in [1.165, 1.54) is 5.01 Å². The fraction of sp³-hybridized carbons (Fsp3) is 0.417. The van der Waals surface area contributed by atoms with Gasteiger partial charge in [0.25, 0.3) is 0 Å². The van der Waals surface area contributed by atoms with E-state index < -0.39 is 0 Å². The molecular formula is C12H23N5O. The molecule has 0 fully saturated rings. The van der Waals surface area contributed by atoms with Crippen LogP contribution in [0, 0.1) is 0 Å². The molecule has 0 atom stereocenters. The fourth-order valence-corrected chi connectivity index (χ4v) is 1.11. The third-order valence-electron chi connectivity index (χ3n) is 1.94. The number of methoxy groups -OCH3 is 1. The van der Waals surface area contributed by atoms with Crippen molar-refractivity contribution in [2.75, 3.05) is 20.3 Å². The van der Waals surface area contributed by atoms with Gasteiger partial charge in [-0.25, -0.2) is 5.84 Å². The monoisotopic (exact) mass is 253 g/mol. The molecule has 0 saturated carbocycles. The van der Waals surface area contributed by atoms with E-state index in [9.17, 15) is 0 Å². The van der Waals surface area contributed by atoms with Crippen LogP contribution in [0.1, 0.15) is 13.8 Å². The van der Waals surface area contributed by atoms with Gasteiger partial charge in [-0.15, -0.1) is 0 Å². The highest BCUT2D eigenvalue weighted by Gasteiger charge is 2.02. The average molecular weight is 253 g/mol. The summed E-state index contributed by atoms with van der Waals surface area (Å²) in [5.74, 6) is 5.80. The zero-order chi connectivity index (χ0) is 14.1. The molecular weight excluding hydrogens is 230 g/mol. The molecule has 0 unspecified atom stereocenters. The van der Waals surface area contributed by atoms with E-state index in [0.29, 0.717) is 30.2 Å². The number of hydrogen-bond acceptors (Lipinski definition) is 6. The van der Waals surface area contributed by atoms with E-state index in [1.807, 2.05) is 0 Å². The first-order chi connectivity index (χ1) is 8.36. The molecule has 0 aliphatic rings. The van der Waals surface area contributed by atoms with E-state index in [2.05, 4.69) is 11.6 Å². The Morgan fingerprint density at radius 1 is 1.39 bits per heavy atom. The van der Waals surface area contributed by atoms with E-state index in [-0.39, 0.29) is 0 Å². The predicted octanol–water partition coefficient (Wildman–Crippen LogP) is 0.446. The molecule has 0 radical (unpaired) electrons. The Hall–Kier alpha value is -1.79. The first kappa shape index (κ1) is 16.2. The van der Waals surface area contributed by atoms with E-state index >= 15 is 0 Å². The first-order valence-corrected chi connectivity index (χ1v) is 5.48. The molecule has 0 aromatic heterocycles. The summed E-state index contributed by atoms with van der Waals surface area (Å²) in [6.07, 6.45) is 3.25. The lowest BCUT2D eigenvalue weighted by Gasteiger charge is -2.16. The summed E-state index contributed by atoms with van der Waals surface area (Å²) in [5, 5.41) is 1.44. The molecule has 0 bridgehead atoms. The van der Waals surface area contributed by atoms with Gasteiger partial charge in [-0.3, -0.25) is 4.99 Å². The quantitative estimate of drug-likeness (QED) is 0.347. The van der Waals surface area contributed by atoms with E-state index in [4.69, 9.17) is 22.0 Å². The number of hydrazine groups is 1. The predicted molar refractivity (Wildman–Crippen MR) is 75.2 cm³/mol. The highest BCUT2D eigenvalue weighted by Crippen LogP contribution is 2.01. The molecule has 0 aliphatic carbocycles. The minimum Gasteiger partial charge on any atom is -0.402 e. The Morgan fingerprint density at radius 2 is 2.00 bits per heavy atom. The highest BCUT2D eigenvalue weighted by molar-refractivity contribution is 5.80. The van der Waals surface area contributed by atoms with Crippen molar-refractivity contribution in [1.82, 2.24) is 5.01 Å². The summed E-state index contributed by atoms with van der Waals surface area (Å²) >= 11 is 0. The third-order valence-corrected chi connectivity index (χ3v) is 1.94. The summed E-state index contributed by atoms with van der Waals surface area (Å²) in [5.41, 5.74) is 14.1. The standard InChI is InChI=1S/C12H23N5O/c1-9(2)16-5-11(10(3)13)6-17(15)7-12(14)8-18-4/h5,7H,1,6,8,13-15H2,2-4H3/b11-10-,12-7-,16-5?. The smallest absolute Gasteiger partial charge is 0.0871 e. The maximum atomic E-state index is 5.80. The van der Waals surface area contributed by atoms with E-state index in [1.54, 1.807) is 33.4 Å².